The van der Waals surface area contributed by atoms with Crippen LogP contribution in [0.15, 0.2) is 0 Å². The first-order valence-electron chi connectivity index (χ1n) is 5.11. The number of methoxy groups -OCH3 is 1. The van der Waals surface area contributed by atoms with Crippen LogP contribution in [0.25, 0.3) is 0 Å². The second-order valence-corrected chi connectivity index (χ2v) is 6.44. The molecule has 0 aliphatic carbocycles. The van der Waals surface area contributed by atoms with E-state index in [1.54, 1.807) is 7.11 Å². The molecule has 0 saturated carbocycles. The predicted molar refractivity (Wildman–Crippen MR) is 59.5 cm³/mol. The van der Waals surface area contributed by atoms with Gasteiger partial charge >= 0.3 is 0 Å². The van der Waals surface area contributed by atoms with E-state index in [0.29, 0.717) is 19.5 Å². The van der Waals surface area contributed by atoms with Crippen molar-refractivity contribution in [1.29, 1.82) is 0 Å². The maximum Gasteiger partial charge on any atom is 0.152 e. The maximum atomic E-state index is 11.4. The molecule has 1 rings (SSSR count). The highest BCUT2D eigenvalue weighted by molar-refractivity contribution is 7.91. The van der Waals surface area contributed by atoms with E-state index < -0.39 is 15.4 Å². The lowest BCUT2D eigenvalue weighted by Crippen LogP contribution is -2.54. The zero-order chi connectivity index (χ0) is 11.5. The second-order valence-electron chi connectivity index (χ2n) is 4.25. The zero-order valence-corrected chi connectivity index (χ0v) is 10.1. The Balaban J connectivity index is 2.56. The maximum absolute atomic E-state index is 11.4. The highest BCUT2D eigenvalue weighted by Crippen LogP contribution is 2.22. The van der Waals surface area contributed by atoms with Crippen LogP contribution >= 0.6 is 0 Å². The van der Waals surface area contributed by atoms with Crippen LogP contribution in [-0.4, -0.2) is 51.8 Å². The fourth-order valence-electron chi connectivity index (χ4n) is 1.73. The summed E-state index contributed by atoms with van der Waals surface area (Å²) in [6.07, 6.45) is 0.666. The van der Waals surface area contributed by atoms with Gasteiger partial charge in [0.1, 0.15) is 0 Å². The van der Waals surface area contributed by atoms with Gasteiger partial charge in [-0.05, 0) is 13.3 Å². The lowest BCUT2D eigenvalue weighted by atomic mass is 9.99. The van der Waals surface area contributed by atoms with E-state index in [1.165, 1.54) is 0 Å². The van der Waals surface area contributed by atoms with Crippen molar-refractivity contribution in [2.24, 2.45) is 5.73 Å². The van der Waals surface area contributed by atoms with Crippen LogP contribution < -0.4 is 11.1 Å². The average Bonchev–Trinajstić information content (AvgIpc) is 2.52. The zero-order valence-electron chi connectivity index (χ0n) is 9.32. The summed E-state index contributed by atoms with van der Waals surface area (Å²) in [4.78, 5) is 0. The third-order valence-corrected chi connectivity index (χ3v) is 4.76. The summed E-state index contributed by atoms with van der Waals surface area (Å²) in [6.45, 7) is 2.91. The number of hydrogen-bond acceptors (Lipinski definition) is 5. The van der Waals surface area contributed by atoms with Crippen molar-refractivity contribution in [3.05, 3.63) is 0 Å². The Kier molecular flexibility index (Phi) is 4.11. The van der Waals surface area contributed by atoms with Crippen molar-refractivity contribution in [2.75, 3.05) is 31.7 Å². The molecule has 0 aromatic heterocycles. The third-order valence-electron chi connectivity index (χ3n) is 2.95. The SMILES string of the molecule is COC(C)CNC1(CN)CCS(=O)(=O)C1. The van der Waals surface area contributed by atoms with Crippen molar-refractivity contribution in [3.8, 4) is 0 Å². The van der Waals surface area contributed by atoms with E-state index in [9.17, 15) is 8.42 Å². The highest BCUT2D eigenvalue weighted by atomic mass is 32.2. The number of sulfone groups is 1. The van der Waals surface area contributed by atoms with E-state index in [0.717, 1.165) is 0 Å². The molecule has 0 radical (unpaired) electrons. The van der Waals surface area contributed by atoms with Gasteiger partial charge in [-0.25, -0.2) is 8.42 Å². The Morgan fingerprint density at radius 1 is 1.60 bits per heavy atom. The van der Waals surface area contributed by atoms with Gasteiger partial charge in [0.05, 0.1) is 17.6 Å². The van der Waals surface area contributed by atoms with Gasteiger partial charge in [-0.2, -0.15) is 0 Å². The summed E-state index contributed by atoms with van der Waals surface area (Å²) in [5.41, 5.74) is 5.21. The summed E-state index contributed by atoms with van der Waals surface area (Å²) in [6, 6.07) is 0. The van der Waals surface area contributed by atoms with Crippen LogP contribution in [0, 0.1) is 0 Å². The molecule has 0 amide bonds. The van der Waals surface area contributed by atoms with Gasteiger partial charge in [-0.15, -0.1) is 0 Å². The molecule has 1 aliphatic rings. The standard InChI is InChI=1S/C9H20N2O3S/c1-8(14-2)5-11-9(6-10)3-4-15(12,13)7-9/h8,11H,3-7,10H2,1-2H3. The molecule has 1 saturated heterocycles. The van der Waals surface area contributed by atoms with E-state index in [1.807, 2.05) is 6.92 Å². The molecule has 1 aliphatic heterocycles. The topological polar surface area (TPSA) is 81.4 Å². The molecule has 3 N–H and O–H groups in total. The van der Waals surface area contributed by atoms with Crippen molar-refractivity contribution in [2.45, 2.75) is 25.0 Å². The number of ether oxygens (including phenoxy) is 1. The molecular formula is C9H20N2O3S. The van der Waals surface area contributed by atoms with Crippen LogP contribution in [-0.2, 0) is 14.6 Å². The Labute approximate surface area is 91.3 Å². The van der Waals surface area contributed by atoms with E-state index in [2.05, 4.69) is 5.32 Å². The van der Waals surface area contributed by atoms with Crippen LogP contribution in [0.4, 0.5) is 0 Å². The van der Waals surface area contributed by atoms with E-state index in [-0.39, 0.29) is 17.6 Å². The number of nitrogens with one attached hydrogen (secondary N) is 1. The first-order chi connectivity index (χ1) is 6.93. The summed E-state index contributed by atoms with van der Waals surface area (Å²) >= 11 is 0. The van der Waals surface area contributed by atoms with Crippen molar-refractivity contribution in [1.82, 2.24) is 5.32 Å². The van der Waals surface area contributed by atoms with Gasteiger partial charge in [0.25, 0.3) is 0 Å². The van der Waals surface area contributed by atoms with E-state index in [4.69, 9.17) is 10.5 Å². The fraction of sp³-hybridized carbons (Fsp3) is 1.00. The molecule has 1 fully saturated rings. The highest BCUT2D eigenvalue weighted by Gasteiger charge is 2.40. The predicted octanol–water partition coefficient (Wildman–Crippen LogP) is -0.873. The Hall–Kier alpha value is -0.170. The quantitative estimate of drug-likeness (QED) is 0.648. The molecule has 5 nitrogen and oxygen atoms in total. The van der Waals surface area contributed by atoms with Crippen molar-refractivity contribution < 1.29 is 13.2 Å². The minimum atomic E-state index is -2.90. The van der Waals surface area contributed by atoms with Gasteiger partial charge in [-0.1, -0.05) is 0 Å². The number of rotatable bonds is 5. The molecule has 6 heteroatoms. The molecule has 0 spiro atoms. The largest absolute Gasteiger partial charge is 0.380 e. The Morgan fingerprint density at radius 2 is 2.27 bits per heavy atom. The van der Waals surface area contributed by atoms with Crippen molar-refractivity contribution >= 4 is 9.84 Å². The molecule has 2 atom stereocenters. The van der Waals surface area contributed by atoms with Crippen LogP contribution in [0.1, 0.15) is 13.3 Å². The van der Waals surface area contributed by atoms with Gasteiger partial charge in [0, 0.05) is 25.7 Å². The molecule has 0 aromatic rings. The van der Waals surface area contributed by atoms with Crippen LogP contribution in [0.5, 0.6) is 0 Å². The van der Waals surface area contributed by atoms with E-state index >= 15 is 0 Å². The summed E-state index contributed by atoms with van der Waals surface area (Å²) < 4.78 is 27.9. The molecule has 0 aromatic carbocycles. The monoisotopic (exact) mass is 236 g/mol. The summed E-state index contributed by atoms with van der Waals surface area (Å²) in [5.74, 6) is 0.380. The lowest BCUT2D eigenvalue weighted by Gasteiger charge is -2.28. The minimum Gasteiger partial charge on any atom is -0.380 e. The first-order valence-corrected chi connectivity index (χ1v) is 6.93. The minimum absolute atomic E-state index is 0.0664. The van der Waals surface area contributed by atoms with Crippen LogP contribution in [0.2, 0.25) is 0 Å². The summed E-state index contributed by atoms with van der Waals surface area (Å²) in [5, 5.41) is 3.22. The summed E-state index contributed by atoms with van der Waals surface area (Å²) in [7, 11) is -1.27. The molecule has 2 unspecified atom stereocenters. The molecule has 15 heavy (non-hydrogen) atoms. The van der Waals surface area contributed by atoms with Gasteiger partial charge in [0.15, 0.2) is 9.84 Å². The van der Waals surface area contributed by atoms with Crippen molar-refractivity contribution in [3.63, 3.8) is 0 Å². The third kappa shape index (κ3) is 3.41. The average molecular weight is 236 g/mol. The van der Waals surface area contributed by atoms with Gasteiger partial charge in [-0.3, -0.25) is 0 Å². The fourth-order valence-corrected chi connectivity index (χ4v) is 3.78. The Bertz CT molecular complexity index is 304. The smallest absolute Gasteiger partial charge is 0.152 e. The van der Waals surface area contributed by atoms with Gasteiger partial charge < -0.3 is 15.8 Å². The number of hydrogen-bond donors (Lipinski definition) is 2. The molecule has 90 valence electrons. The van der Waals surface area contributed by atoms with Gasteiger partial charge in [0.2, 0.25) is 0 Å². The molecular weight excluding hydrogens is 216 g/mol. The molecule has 1 heterocycles. The first kappa shape index (κ1) is 12.9. The normalized spacial score (nSPS) is 31.7. The van der Waals surface area contributed by atoms with Crippen LogP contribution in [0.3, 0.4) is 0 Å². The second kappa shape index (κ2) is 4.78. The molecule has 0 bridgehead atoms. The lowest BCUT2D eigenvalue weighted by molar-refractivity contribution is 0.109. The Morgan fingerprint density at radius 3 is 2.67 bits per heavy atom. The number of nitrogens with two attached hydrogens (primary N) is 1.